The average molecular weight is 670 g/mol. The first-order chi connectivity index (χ1) is 25.1. The number of pyridine rings is 1. The number of benzene rings is 7. The summed E-state index contributed by atoms with van der Waals surface area (Å²) in [5.74, 6) is 0.900. The lowest BCUT2D eigenvalue weighted by Gasteiger charge is -2.44. The Bertz CT molecular complexity index is 2550. The van der Waals surface area contributed by atoms with Gasteiger partial charge in [-0.1, -0.05) is 147 Å². The molecule has 2 aliphatic heterocycles. The first-order valence-corrected chi connectivity index (χ1v) is 20.7. The molecule has 0 saturated carbocycles. The second-order valence-corrected chi connectivity index (χ2v) is 18.3. The van der Waals surface area contributed by atoms with Gasteiger partial charge in [-0.3, -0.25) is 4.90 Å². The summed E-state index contributed by atoms with van der Waals surface area (Å²) in [6, 6.07) is 63.9. The predicted octanol–water partition coefficient (Wildman–Crippen LogP) is 11.6. The minimum absolute atomic E-state index is 0.900. The van der Waals surface area contributed by atoms with E-state index in [9.17, 15) is 0 Å². The van der Waals surface area contributed by atoms with Gasteiger partial charge in [0.05, 0.1) is 22.8 Å². The smallest absolute Gasteiger partial charge is 0.138 e. The molecule has 0 amide bonds. The van der Waals surface area contributed by atoms with Gasteiger partial charge in [0.25, 0.3) is 0 Å². The van der Waals surface area contributed by atoms with E-state index in [0.717, 1.165) is 39.7 Å². The van der Waals surface area contributed by atoms with Crippen molar-refractivity contribution in [3.05, 3.63) is 176 Å². The zero-order valence-corrected chi connectivity index (χ0v) is 29.6. The van der Waals surface area contributed by atoms with Crippen molar-refractivity contribution in [2.24, 2.45) is 0 Å². The summed E-state index contributed by atoms with van der Waals surface area (Å²) in [5.41, 5.74) is 12.9. The fourth-order valence-electron chi connectivity index (χ4n) is 8.35. The van der Waals surface area contributed by atoms with Crippen LogP contribution in [0, 0.1) is 0 Å². The Morgan fingerprint density at radius 3 is 1.88 bits per heavy atom. The highest BCUT2D eigenvalue weighted by atomic mass is 28.3. The Morgan fingerprint density at radius 2 is 1.12 bits per heavy atom. The molecule has 242 valence electrons. The van der Waals surface area contributed by atoms with Crippen molar-refractivity contribution in [1.82, 2.24) is 4.98 Å². The number of para-hydroxylation sites is 2. The highest BCUT2D eigenvalue weighted by molar-refractivity contribution is 7.03. The normalized spacial score (nSPS) is 13.8. The fraction of sp³-hybridized carbons (Fsp3) is 0.0426. The molecule has 3 heterocycles. The maximum absolute atomic E-state index is 5.49. The Hall–Kier alpha value is -6.23. The molecule has 0 N–H and O–H groups in total. The van der Waals surface area contributed by atoms with Crippen molar-refractivity contribution in [2.45, 2.75) is 13.1 Å². The monoisotopic (exact) mass is 669 g/mol. The minimum atomic E-state index is -2.12. The van der Waals surface area contributed by atoms with Gasteiger partial charge in [-0.15, -0.1) is 0 Å². The molecule has 4 heteroatoms. The van der Waals surface area contributed by atoms with E-state index in [1.54, 1.807) is 0 Å². The standard InChI is InChI=1S/C47H35N3Si/c1-51(2)42-27-13-12-25-39(42)49(36-22-10-5-11-23-36)47-43(51)29-28-41-46(47)37-24-14-20-34-21-15-26-40(45(34)37)50(41)44-31-35(32-16-6-3-7-17-32)30-38(48-44)33-18-8-4-9-19-33/h3-31H,1-2H3. The van der Waals surface area contributed by atoms with E-state index in [1.807, 2.05) is 0 Å². The lowest BCUT2D eigenvalue weighted by molar-refractivity contribution is 1.18. The van der Waals surface area contributed by atoms with Crippen LogP contribution in [0.1, 0.15) is 0 Å². The molecule has 10 rings (SSSR count). The van der Waals surface area contributed by atoms with Gasteiger partial charge in [0, 0.05) is 27.9 Å². The quantitative estimate of drug-likeness (QED) is 0.174. The summed E-state index contributed by atoms with van der Waals surface area (Å²) in [5, 5.41) is 5.37. The number of hydrogen-bond donors (Lipinski definition) is 0. The van der Waals surface area contributed by atoms with Crippen LogP contribution in [0.5, 0.6) is 0 Å². The van der Waals surface area contributed by atoms with E-state index < -0.39 is 8.07 Å². The lowest BCUT2D eigenvalue weighted by Crippen LogP contribution is -2.58. The number of fused-ring (bicyclic) bond motifs is 5. The van der Waals surface area contributed by atoms with E-state index in [0.29, 0.717) is 0 Å². The number of nitrogens with zero attached hydrogens (tertiary/aromatic N) is 3. The van der Waals surface area contributed by atoms with Gasteiger partial charge in [0.1, 0.15) is 13.9 Å². The van der Waals surface area contributed by atoms with Crippen LogP contribution < -0.4 is 20.2 Å². The molecule has 8 aromatic rings. The van der Waals surface area contributed by atoms with E-state index in [4.69, 9.17) is 4.98 Å². The molecule has 0 atom stereocenters. The third-order valence-corrected chi connectivity index (χ3v) is 14.3. The van der Waals surface area contributed by atoms with Crippen molar-refractivity contribution < 1.29 is 0 Å². The summed E-state index contributed by atoms with van der Waals surface area (Å²) >= 11 is 0. The number of anilines is 6. The third kappa shape index (κ3) is 4.53. The van der Waals surface area contributed by atoms with Crippen LogP contribution in [0.4, 0.5) is 34.3 Å². The minimum Gasteiger partial charge on any atom is -0.310 e. The number of hydrogen-bond acceptors (Lipinski definition) is 3. The van der Waals surface area contributed by atoms with Crippen LogP contribution in [0.15, 0.2) is 176 Å². The van der Waals surface area contributed by atoms with Gasteiger partial charge in [-0.05, 0) is 74.9 Å². The second-order valence-electron chi connectivity index (χ2n) is 14.0. The molecule has 3 nitrogen and oxygen atoms in total. The Kier molecular flexibility index (Phi) is 6.64. The first kappa shape index (κ1) is 29.7. The number of aromatic nitrogens is 1. The highest BCUT2D eigenvalue weighted by Crippen LogP contribution is 2.56. The van der Waals surface area contributed by atoms with E-state index >= 15 is 0 Å². The fourth-order valence-corrected chi connectivity index (χ4v) is 11.3. The molecule has 0 saturated heterocycles. The van der Waals surface area contributed by atoms with Crippen LogP contribution in [-0.4, -0.2) is 13.1 Å². The van der Waals surface area contributed by atoms with Crippen LogP contribution in [0.3, 0.4) is 0 Å². The average Bonchev–Trinajstić information content (AvgIpc) is 3.19. The molecular formula is C47H35N3Si. The van der Waals surface area contributed by atoms with Crippen LogP contribution in [-0.2, 0) is 0 Å². The molecule has 0 aliphatic carbocycles. The maximum Gasteiger partial charge on any atom is 0.138 e. The molecule has 7 aromatic carbocycles. The number of rotatable bonds is 4. The van der Waals surface area contributed by atoms with Crippen molar-refractivity contribution in [1.29, 1.82) is 0 Å². The van der Waals surface area contributed by atoms with Gasteiger partial charge in [0.2, 0.25) is 0 Å². The van der Waals surface area contributed by atoms with E-state index in [1.165, 1.54) is 49.2 Å². The molecule has 0 unspecified atom stereocenters. The third-order valence-electron chi connectivity index (χ3n) is 10.7. The Labute approximate surface area is 299 Å². The molecule has 0 bridgehead atoms. The van der Waals surface area contributed by atoms with Crippen molar-refractivity contribution in [3.63, 3.8) is 0 Å². The van der Waals surface area contributed by atoms with Gasteiger partial charge in [-0.25, -0.2) is 4.98 Å². The SMILES string of the molecule is C[Si]1(C)c2ccccc2N(c2ccccc2)c2c1ccc1c2-c2cccc3cccc(c23)N1c1cc(-c2ccccc2)cc(-c2ccccc2)n1. The summed E-state index contributed by atoms with van der Waals surface area (Å²) in [4.78, 5) is 10.4. The van der Waals surface area contributed by atoms with Crippen LogP contribution in [0.2, 0.25) is 13.1 Å². The summed E-state index contributed by atoms with van der Waals surface area (Å²) in [7, 11) is -2.12. The van der Waals surface area contributed by atoms with Crippen molar-refractivity contribution in [2.75, 3.05) is 9.80 Å². The molecule has 0 spiro atoms. The molecule has 1 aromatic heterocycles. The first-order valence-electron chi connectivity index (χ1n) is 17.7. The van der Waals surface area contributed by atoms with Gasteiger partial charge in [-0.2, -0.15) is 0 Å². The summed E-state index contributed by atoms with van der Waals surface area (Å²) in [6.45, 7) is 5.01. The topological polar surface area (TPSA) is 19.4 Å². The summed E-state index contributed by atoms with van der Waals surface area (Å²) < 4.78 is 0. The molecular weight excluding hydrogens is 635 g/mol. The van der Waals surface area contributed by atoms with Crippen LogP contribution in [0.25, 0.3) is 44.3 Å². The zero-order chi connectivity index (χ0) is 34.1. The molecule has 51 heavy (non-hydrogen) atoms. The van der Waals surface area contributed by atoms with E-state index in [-0.39, 0.29) is 0 Å². The summed E-state index contributed by atoms with van der Waals surface area (Å²) in [6.07, 6.45) is 0. The molecule has 2 aliphatic rings. The van der Waals surface area contributed by atoms with E-state index in [2.05, 4.69) is 199 Å². The Balaban J connectivity index is 1.32. The Morgan fingerprint density at radius 1 is 0.471 bits per heavy atom. The highest BCUT2D eigenvalue weighted by Gasteiger charge is 2.42. The van der Waals surface area contributed by atoms with Crippen LogP contribution >= 0.6 is 0 Å². The second kappa shape index (κ2) is 11.4. The predicted molar refractivity (Wildman–Crippen MR) is 218 cm³/mol. The van der Waals surface area contributed by atoms with Gasteiger partial charge >= 0.3 is 0 Å². The zero-order valence-electron chi connectivity index (χ0n) is 28.6. The maximum atomic E-state index is 5.49. The molecule has 0 radical (unpaired) electrons. The lowest BCUT2D eigenvalue weighted by atomic mass is 9.89. The van der Waals surface area contributed by atoms with Gasteiger partial charge in [0.15, 0.2) is 0 Å². The largest absolute Gasteiger partial charge is 0.310 e. The van der Waals surface area contributed by atoms with Crippen molar-refractivity contribution in [3.8, 4) is 33.5 Å². The van der Waals surface area contributed by atoms with Gasteiger partial charge < -0.3 is 4.90 Å². The van der Waals surface area contributed by atoms with Crippen molar-refractivity contribution >= 4 is 63.5 Å². The molecule has 0 fully saturated rings.